The summed E-state index contributed by atoms with van der Waals surface area (Å²) in [5.74, 6) is 1.36. The zero-order chi connectivity index (χ0) is 20.8. The van der Waals surface area contributed by atoms with E-state index in [-0.39, 0.29) is 11.5 Å². The number of H-pyrrole nitrogens is 1. The minimum atomic E-state index is -0.0585. The molecule has 0 atom stereocenters. The van der Waals surface area contributed by atoms with Crippen molar-refractivity contribution in [2.24, 2.45) is 5.92 Å². The van der Waals surface area contributed by atoms with Gasteiger partial charge in [0, 0.05) is 16.4 Å². The van der Waals surface area contributed by atoms with E-state index in [2.05, 4.69) is 43.1 Å². The lowest BCUT2D eigenvalue weighted by molar-refractivity contribution is -0.918. The van der Waals surface area contributed by atoms with Crippen molar-refractivity contribution in [3.8, 4) is 11.1 Å². The van der Waals surface area contributed by atoms with Crippen LogP contribution in [0.3, 0.4) is 0 Å². The van der Waals surface area contributed by atoms with Crippen LogP contribution in [0.1, 0.15) is 29.1 Å². The van der Waals surface area contributed by atoms with E-state index in [1.54, 1.807) is 11.3 Å². The maximum Gasteiger partial charge on any atom is 0.260 e. The molecule has 0 unspecified atom stereocenters. The third-order valence-corrected chi connectivity index (χ3v) is 7.25. The van der Waals surface area contributed by atoms with Gasteiger partial charge < -0.3 is 14.8 Å². The lowest BCUT2D eigenvalue weighted by atomic mass is 10.0. The average Bonchev–Trinajstić information content (AvgIpc) is 3.52. The molecule has 2 N–H and O–H groups in total. The minimum Gasteiger partial charge on any atom is -0.331 e. The molecule has 6 nitrogen and oxygen atoms in total. The topological polar surface area (TPSA) is 70.5 Å². The predicted octanol–water partition coefficient (Wildman–Crippen LogP) is 1.91. The summed E-state index contributed by atoms with van der Waals surface area (Å²) in [5, 5.41) is 0.694. The number of fused-ring (bicyclic) bond motifs is 1. The number of hydrogen-bond donors (Lipinski definition) is 2. The molecule has 2 aliphatic rings. The number of hydrogen-bond acceptors (Lipinski definition) is 4. The summed E-state index contributed by atoms with van der Waals surface area (Å²) in [5.41, 5.74) is 3.20. The highest BCUT2D eigenvalue weighted by atomic mass is 32.1. The first kappa shape index (κ1) is 19.5. The fourth-order valence-electron chi connectivity index (χ4n) is 4.36. The molecule has 1 aliphatic carbocycles. The minimum absolute atomic E-state index is 0.0585. The number of aromatic amines is 1. The van der Waals surface area contributed by atoms with Crippen LogP contribution in [0.25, 0.3) is 21.3 Å². The van der Waals surface area contributed by atoms with Crippen molar-refractivity contribution in [1.82, 2.24) is 14.9 Å². The van der Waals surface area contributed by atoms with Gasteiger partial charge in [0.25, 0.3) is 5.56 Å². The van der Waals surface area contributed by atoms with E-state index in [0.717, 1.165) is 65.7 Å². The SMILES string of the molecule is Cc1ccc(-c2c(C)sc3nc(C[NH+]4CCN(C(=O)C5CC5)CC4)[nH]c(=O)c23)cc1. The molecule has 2 fully saturated rings. The Bertz CT molecular complexity index is 1150. The quantitative estimate of drug-likeness (QED) is 0.674. The molecule has 1 saturated heterocycles. The normalized spacial score (nSPS) is 17.6. The Kier molecular flexibility index (Phi) is 4.95. The van der Waals surface area contributed by atoms with Gasteiger partial charge in [-0.1, -0.05) is 29.8 Å². The summed E-state index contributed by atoms with van der Waals surface area (Å²) < 4.78 is 0. The van der Waals surface area contributed by atoms with Crippen LogP contribution in [0.2, 0.25) is 0 Å². The second kappa shape index (κ2) is 7.63. The maximum absolute atomic E-state index is 13.0. The van der Waals surface area contributed by atoms with Gasteiger partial charge in [-0.2, -0.15) is 0 Å². The van der Waals surface area contributed by atoms with Crippen LogP contribution in [0.5, 0.6) is 0 Å². The first-order valence-corrected chi connectivity index (χ1v) is 11.5. The summed E-state index contributed by atoms with van der Waals surface area (Å²) in [6, 6.07) is 8.30. The Morgan fingerprint density at radius 3 is 2.57 bits per heavy atom. The molecule has 3 heterocycles. The molecule has 7 heteroatoms. The second-order valence-corrected chi connectivity index (χ2v) is 9.82. The van der Waals surface area contributed by atoms with Crippen molar-refractivity contribution in [2.45, 2.75) is 33.2 Å². The molecule has 156 valence electrons. The van der Waals surface area contributed by atoms with Gasteiger partial charge in [0.1, 0.15) is 11.4 Å². The smallest absolute Gasteiger partial charge is 0.260 e. The van der Waals surface area contributed by atoms with Crippen molar-refractivity contribution < 1.29 is 9.69 Å². The molecule has 0 radical (unpaired) electrons. The third-order valence-electron chi connectivity index (χ3n) is 6.25. The summed E-state index contributed by atoms with van der Waals surface area (Å²) >= 11 is 1.59. The highest BCUT2D eigenvalue weighted by Gasteiger charge is 2.35. The number of nitrogens with zero attached hydrogens (tertiary/aromatic N) is 2. The van der Waals surface area contributed by atoms with Crippen LogP contribution >= 0.6 is 11.3 Å². The number of aromatic nitrogens is 2. The number of carbonyl (C=O) groups is 1. The molecule has 0 spiro atoms. The molecular weight excluding hydrogens is 396 g/mol. The number of carbonyl (C=O) groups excluding carboxylic acids is 1. The number of quaternary nitrogens is 1. The molecule has 0 bridgehead atoms. The summed E-state index contributed by atoms with van der Waals surface area (Å²) in [4.78, 5) is 38.4. The number of benzene rings is 1. The molecule has 1 saturated carbocycles. The van der Waals surface area contributed by atoms with Crippen molar-refractivity contribution >= 4 is 27.5 Å². The van der Waals surface area contributed by atoms with Crippen LogP contribution in [-0.2, 0) is 11.3 Å². The molecule has 30 heavy (non-hydrogen) atoms. The van der Waals surface area contributed by atoms with Crippen molar-refractivity contribution in [3.63, 3.8) is 0 Å². The molecule has 1 aromatic carbocycles. The van der Waals surface area contributed by atoms with E-state index >= 15 is 0 Å². The Morgan fingerprint density at radius 1 is 1.20 bits per heavy atom. The van der Waals surface area contributed by atoms with Gasteiger partial charge in [-0.25, -0.2) is 4.98 Å². The number of thiophene rings is 1. The summed E-state index contributed by atoms with van der Waals surface area (Å²) in [6.07, 6.45) is 2.11. The van der Waals surface area contributed by atoms with E-state index in [9.17, 15) is 9.59 Å². The van der Waals surface area contributed by atoms with Crippen molar-refractivity contribution in [3.05, 3.63) is 50.9 Å². The van der Waals surface area contributed by atoms with Crippen LogP contribution in [0.4, 0.5) is 0 Å². The number of amides is 1. The largest absolute Gasteiger partial charge is 0.331 e. The lowest BCUT2D eigenvalue weighted by Crippen LogP contribution is -3.13. The highest BCUT2D eigenvalue weighted by molar-refractivity contribution is 7.19. The number of rotatable bonds is 4. The molecule has 1 amide bonds. The van der Waals surface area contributed by atoms with Gasteiger partial charge in [-0.3, -0.25) is 9.59 Å². The number of aryl methyl sites for hydroxylation is 2. The molecule has 1 aliphatic heterocycles. The lowest BCUT2D eigenvalue weighted by Gasteiger charge is -2.32. The van der Waals surface area contributed by atoms with Crippen LogP contribution < -0.4 is 10.5 Å². The van der Waals surface area contributed by atoms with E-state index < -0.39 is 0 Å². The van der Waals surface area contributed by atoms with Gasteiger partial charge in [0.15, 0.2) is 5.82 Å². The predicted molar refractivity (Wildman–Crippen MR) is 119 cm³/mol. The Balaban J connectivity index is 1.36. The fraction of sp³-hybridized carbons (Fsp3) is 0.435. The van der Waals surface area contributed by atoms with E-state index in [4.69, 9.17) is 4.98 Å². The standard InChI is InChI=1S/C23H26N4O2S/c1-14-3-5-16(6-4-14)19-15(2)30-22-20(19)21(28)24-18(25-22)13-26-9-11-27(12-10-26)23(29)17-7-8-17/h3-6,17H,7-13H2,1-2H3,(H,24,25,28)/p+1. The zero-order valence-electron chi connectivity index (χ0n) is 17.5. The third kappa shape index (κ3) is 3.68. The molecule has 3 aromatic rings. The van der Waals surface area contributed by atoms with Crippen LogP contribution in [0, 0.1) is 19.8 Å². The first-order chi connectivity index (χ1) is 14.5. The number of piperazine rings is 1. The molecular formula is C23H27N4O2S+. The van der Waals surface area contributed by atoms with Gasteiger partial charge >= 0.3 is 0 Å². The van der Waals surface area contributed by atoms with Crippen molar-refractivity contribution in [2.75, 3.05) is 26.2 Å². The second-order valence-electron chi connectivity index (χ2n) is 8.62. The Hall–Kier alpha value is -2.51. The van der Waals surface area contributed by atoms with Crippen molar-refractivity contribution in [1.29, 1.82) is 0 Å². The highest BCUT2D eigenvalue weighted by Crippen LogP contribution is 2.35. The maximum atomic E-state index is 13.0. The monoisotopic (exact) mass is 423 g/mol. The fourth-order valence-corrected chi connectivity index (χ4v) is 5.43. The Morgan fingerprint density at radius 2 is 1.90 bits per heavy atom. The number of nitrogens with one attached hydrogen (secondary N) is 2. The summed E-state index contributed by atoms with van der Waals surface area (Å²) in [6.45, 7) is 8.21. The average molecular weight is 424 g/mol. The van der Waals surface area contributed by atoms with Crippen LogP contribution in [0.15, 0.2) is 29.1 Å². The van der Waals surface area contributed by atoms with Gasteiger partial charge in [0.2, 0.25) is 5.91 Å². The van der Waals surface area contributed by atoms with E-state index in [1.807, 2.05) is 4.90 Å². The van der Waals surface area contributed by atoms with Crippen LogP contribution in [-0.4, -0.2) is 47.0 Å². The summed E-state index contributed by atoms with van der Waals surface area (Å²) in [7, 11) is 0. The first-order valence-electron chi connectivity index (χ1n) is 10.7. The van der Waals surface area contributed by atoms with Gasteiger partial charge in [0.05, 0.1) is 31.6 Å². The van der Waals surface area contributed by atoms with E-state index in [1.165, 1.54) is 10.5 Å². The van der Waals surface area contributed by atoms with E-state index in [0.29, 0.717) is 17.8 Å². The van der Waals surface area contributed by atoms with Gasteiger partial charge in [-0.05, 0) is 32.3 Å². The van der Waals surface area contributed by atoms with Gasteiger partial charge in [-0.15, -0.1) is 11.3 Å². The molecule has 2 aromatic heterocycles. The zero-order valence-corrected chi connectivity index (χ0v) is 18.3. The Labute approximate surface area is 179 Å². The molecule has 5 rings (SSSR count).